The van der Waals surface area contributed by atoms with Gasteiger partial charge < -0.3 is 10.6 Å². The van der Waals surface area contributed by atoms with Crippen LogP contribution in [0.2, 0.25) is 0 Å². The van der Waals surface area contributed by atoms with Crippen molar-refractivity contribution in [2.45, 2.75) is 44.4 Å². The van der Waals surface area contributed by atoms with Gasteiger partial charge in [-0.05, 0) is 26.3 Å². The average molecular weight is 210 g/mol. The minimum absolute atomic E-state index is 0.195. The lowest BCUT2D eigenvalue weighted by Gasteiger charge is -2.27. The van der Waals surface area contributed by atoms with Crippen molar-refractivity contribution < 1.29 is 13.2 Å². The summed E-state index contributed by atoms with van der Waals surface area (Å²) in [6, 6.07) is -0.291. The second-order valence-electron chi connectivity index (χ2n) is 3.93. The first kappa shape index (κ1) is 11.8. The lowest BCUT2D eigenvalue weighted by molar-refractivity contribution is -0.139. The molecule has 0 spiro atoms. The first-order chi connectivity index (χ1) is 6.47. The van der Waals surface area contributed by atoms with Crippen LogP contribution in [-0.2, 0) is 0 Å². The molecule has 2 unspecified atom stereocenters. The maximum Gasteiger partial charge on any atom is 0.390 e. The van der Waals surface area contributed by atoms with Gasteiger partial charge in [0.25, 0.3) is 0 Å². The highest BCUT2D eigenvalue weighted by molar-refractivity contribution is 4.78. The van der Waals surface area contributed by atoms with Crippen molar-refractivity contribution in [2.75, 3.05) is 13.1 Å². The Bertz CT molecular complexity index is 164. The van der Waals surface area contributed by atoms with E-state index in [0.29, 0.717) is 0 Å². The maximum atomic E-state index is 12.0. The fraction of sp³-hybridized carbons (Fsp3) is 1.00. The summed E-state index contributed by atoms with van der Waals surface area (Å²) in [7, 11) is 0. The van der Waals surface area contributed by atoms with Gasteiger partial charge in [-0.1, -0.05) is 0 Å². The van der Waals surface area contributed by atoms with Gasteiger partial charge in [-0.3, -0.25) is 0 Å². The number of rotatable bonds is 3. The lowest BCUT2D eigenvalue weighted by Crippen LogP contribution is -2.47. The number of alkyl halides is 3. The van der Waals surface area contributed by atoms with E-state index in [-0.39, 0.29) is 6.04 Å². The standard InChI is InChI=1S/C9H17F3N2/c1-7(5-9(10,11)12)14-8-3-2-4-13-6-8/h7-8,13-14H,2-6H2,1H3. The number of piperidine rings is 1. The van der Waals surface area contributed by atoms with Gasteiger partial charge in [-0.15, -0.1) is 0 Å². The van der Waals surface area contributed by atoms with Crippen LogP contribution in [0.15, 0.2) is 0 Å². The van der Waals surface area contributed by atoms with E-state index in [4.69, 9.17) is 0 Å². The van der Waals surface area contributed by atoms with E-state index in [0.717, 1.165) is 25.9 Å². The summed E-state index contributed by atoms with van der Waals surface area (Å²) >= 11 is 0. The predicted molar refractivity (Wildman–Crippen MR) is 49.2 cm³/mol. The second kappa shape index (κ2) is 4.98. The zero-order chi connectivity index (χ0) is 10.6. The molecule has 1 rings (SSSR count). The molecule has 0 amide bonds. The molecule has 2 atom stereocenters. The minimum atomic E-state index is -4.06. The summed E-state index contributed by atoms with van der Waals surface area (Å²) in [6.45, 7) is 3.34. The maximum absolute atomic E-state index is 12.0. The second-order valence-corrected chi connectivity index (χ2v) is 3.93. The van der Waals surface area contributed by atoms with Crippen molar-refractivity contribution >= 4 is 0 Å². The van der Waals surface area contributed by atoms with E-state index in [2.05, 4.69) is 10.6 Å². The Hall–Kier alpha value is -0.290. The molecule has 1 heterocycles. The molecular weight excluding hydrogens is 193 g/mol. The number of halogens is 3. The quantitative estimate of drug-likeness (QED) is 0.740. The van der Waals surface area contributed by atoms with Gasteiger partial charge in [0.2, 0.25) is 0 Å². The Balaban J connectivity index is 2.21. The van der Waals surface area contributed by atoms with Gasteiger partial charge >= 0.3 is 6.18 Å². The molecule has 5 heteroatoms. The van der Waals surface area contributed by atoms with Crippen LogP contribution in [0.5, 0.6) is 0 Å². The lowest BCUT2D eigenvalue weighted by atomic mass is 10.1. The molecular formula is C9H17F3N2. The molecule has 1 aliphatic rings. The van der Waals surface area contributed by atoms with Gasteiger partial charge in [-0.25, -0.2) is 0 Å². The number of hydrogen-bond donors (Lipinski definition) is 2. The monoisotopic (exact) mass is 210 g/mol. The van der Waals surface area contributed by atoms with Gasteiger partial charge in [0.05, 0.1) is 6.42 Å². The molecule has 0 radical (unpaired) electrons. The third-order valence-corrected chi connectivity index (χ3v) is 2.35. The molecule has 14 heavy (non-hydrogen) atoms. The van der Waals surface area contributed by atoms with Crippen LogP contribution in [0.3, 0.4) is 0 Å². The highest BCUT2D eigenvalue weighted by atomic mass is 19.4. The van der Waals surface area contributed by atoms with Crippen molar-refractivity contribution in [1.82, 2.24) is 10.6 Å². The highest BCUT2D eigenvalue weighted by Gasteiger charge is 2.30. The van der Waals surface area contributed by atoms with Crippen LogP contribution in [0, 0.1) is 0 Å². The predicted octanol–water partition coefficient (Wildman–Crippen LogP) is 1.67. The first-order valence-corrected chi connectivity index (χ1v) is 5.01. The van der Waals surface area contributed by atoms with Crippen LogP contribution in [-0.4, -0.2) is 31.3 Å². The Kier molecular flexibility index (Phi) is 4.19. The molecule has 0 aromatic carbocycles. The fourth-order valence-corrected chi connectivity index (χ4v) is 1.80. The fourth-order valence-electron chi connectivity index (χ4n) is 1.80. The van der Waals surface area contributed by atoms with Crippen molar-refractivity contribution in [1.29, 1.82) is 0 Å². The van der Waals surface area contributed by atoms with E-state index < -0.39 is 18.6 Å². The van der Waals surface area contributed by atoms with E-state index in [1.165, 1.54) is 0 Å². The molecule has 84 valence electrons. The van der Waals surface area contributed by atoms with Gasteiger partial charge in [0.1, 0.15) is 0 Å². The normalized spacial score (nSPS) is 26.1. The Labute approximate surface area is 82.2 Å². The van der Waals surface area contributed by atoms with E-state index >= 15 is 0 Å². The van der Waals surface area contributed by atoms with E-state index in [1.54, 1.807) is 6.92 Å². The van der Waals surface area contributed by atoms with Crippen LogP contribution < -0.4 is 10.6 Å². The van der Waals surface area contributed by atoms with E-state index in [9.17, 15) is 13.2 Å². The third kappa shape index (κ3) is 4.81. The largest absolute Gasteiger partial charge is 0.390 e. The number of hydrogen-bond acceptors (Lipinski definition) is 2. The highest BCUT2D eigenvalue weighted by Crippen LogP contribution is 2.21. The molecule has 1 fully saturated rings. The molecule has 2 nitrogen and oxygen atoms in total. The van der Waals surface area contributed by atoms with Crippen LogP contribution in [0.25, 0.3) is 0 Å². The van der Waals surface area contributed by atoms with Gasteiger partial charge in [-0.2, -0.15) is 13.2 Å². The van der Waals surface area contributed by atoms with Gasteiger partial charge in [0, 0.05) is 18.6 Å². The zero-order valence-electron chi connectivity index (χ0n) is 8.32. The molecule has 0 saturated carbocycles. The number of nitrogens with one attached hydrogen (secondary N) is 2. The summed E-state index contributed by atoms with van der Waals surface area (Å²) in [6.07, 6.45) is -2.80. The SMILES string of the molecule is CC(CC(F)(F)F)NC1CCCNC1. The van der Waals surface area contributed by atoms with Gasteiger partial charge in [0.15, 0.2) is 0 Å². The zero-order valence-corrected chi connectivity index (χ0v) is 8.32. The van der Waals surface area contributed by atoms with Crippen LogP contribution >= 0.6 is 0 Å². The topological polar surface area (TPSA) is 24.1 Å². The summed E-state index contributed by atoms with van der Waals surface area (Å²) in [5.41, 5.74) is 0. The molecule has 1 aliphatic heterocycles. The Morgan fingerprint density at radius 2 is 2.21 bits per heavy atom. The Morgan fingerprint density at radius 1 is 1.50 bits per heavy atom. The van der Waals surface area contributed by atoms with Crippen molar-refractivity contribution in [3.05, 3.63) is 0 Å². The van der Waals surface area contributed by atoms with Crippen molar-refractivity contribution in [3.63, 3.8) is 0 Å². The summed E-state index contributed by atoms with van der Waals surface area (Å²) < 4.78 is 36.0. The summed E-state index contributed by atoms with van der Waals surface area (Å²) in [4.78, 5) is 0. The van der Waals surface area contributed by atoms with Crippen molar-refractivity contribution in [3.8, 4) is 0 Å². The Morgan fingerprint density at radius 3 is 2.71 bits per heavy atom. The third-order valence-electron chi connectivity index (χ3n) is 2.35. The smallest absolute Gasteiger partial charge is 0.315 e. The molecule has 1 saturated heterocycles. The van der Waals surface area contributed by atoms with Crippen LogP contribution in [0.1, 0.15) is 26.2 Å². The van der Waals surface area contributed by atoms with Crippen molar-refractivity contribution in [2.24, 2.45) is 0 Å². The first-order valence-electron chi connectivity index (χ1n) is 5.01. The molecule has 0 aromatic heterocycles. The average Bonchev–Trinajstić information content (AvgIpc) is 2.02. The summed E-state index contributed by atoms with van der Waals surface area (Å²) in [5, 5.41) is 6.15. The van der Waals surface area contributed by atoms with E-state index in [1.807, 2.05) is 0 Å². The molecule has 2 N–H and O–H groups in total. The minimum Gasteiger partial charge on any atom is -0.315 e. The van der Waals surface area contributed by atoms with Crippen LogP contribution in [0.4, 0.5) is 13.2 Å². The molecule has 0 aromatic rings. The molecule has 0 bridgehead atoms. The molecule has 0 aliphatic carbocycles. The summed E-state index contributed by atoms with van der Waals surface area (Å²) in [5.74, 6) is 0.